The van der Waals surface area contributed by atoms with Gasteiger partial charge in [-0.25, -0.2) is 8.78 Å². The number of aliphatic hydroxyl groups excluding tert-OH is 2. The second kappa shape index (κ2) is 8.09. The molecule has 0 aromatic carbocycles. The molecular weight excluding hydrogens is 494 g/mol. The Morgan fingerprint density at radius 1 is 1.25 bits per heavy atom. The van der Waals surface area contributed by atoms with E-state index >= 15 is 8.78 Å². The molecule has 36 heavy (non-hydrogen) atoms. The van der Waals surface area contributed by atoms with E-state index in [9.17, 15) is 24.9 Å². The lowest BCUT2D eigenvalue weighted by atomic mass is 9.45. The summed E-state index contributed by atoms with van der Waals surface area (Å²) in [6.07, 6.45) is 0.131. The predicted molar refractivity (Wildman–Crippen MR) is 128 cm³/mol. The minimum Gasteiger partial charge on any atom is -0.480 e. The monoisotopic (exact) mass is 528 g/mol. The van der Waals surface area contributed by atoms with Crippen molar-refractivity contribution in [3.05, 3.63) is 23.8 Å². The molecule has 0 radical (unpaired) electrons. The maximum atomic E-state index is 17.4. The molecule has 4 fully saturated rings. The van der Waals surface area contributed by atoms with Crippen LogP contribution in [0.3, 0.4) is 0 Å². The van der Waals surface area contributed by atoms with Gasteiger partial charge in [-0.3, -0.25) is 9.59 Å². The normalized spacial score (nSPS) is 49.5. The van der Waals surface area contributed by atoms with Gasteiger partial charge in [-0.15, -0.1) is 11.8 Å². The van der Waals surface area contributed by atoms with Gasteiger partial charge in [-0.2, -0.15) is 0 Å². The fourth-order valence-corrected chi connectivity index (χ4v) is 9.77. The van der Waals surface area contributed by atoms with Crippen molar-refractivity contribution in [2.24, 2.45) is 22.7 Å². The van der Waals surface area contributed by atoms with Gasteiger partial charge in [0.05, 0.1) is 6.10 Å². The number of aliphatic carboxylic acids is 1. The number of fused-ring (bicyclic) bond motifs is 7. The van der Waals surface area contributed by atoms with E-state index in [1.54, 1.807) is 20.8 Å². The van der Waals surface area contributed by atoms with Crippen LogP contribution in [-0.2, 0) is 19.1 Å². The Kier molecular flexibility index (Phi) is 5.90. The minimum absolute atomic E-state index is 0.0182. The van der Waals surface area contributed by atoms with Gasteiger partial charge >= 0.3 is 5.97 Å². The topological polar surface area (TPSA) is 113 Å². The van der Waals surface area contributed by atoms with E-state index in [1.807, 2.05) is 6.92 Å². The molecule has 0 amide bonds. The zero-order chi connectivity index (χ0) is 26.5. The molecule has 10 atom stereocenters. The van der Waals surface area contributed by atoms with Crippen LogP contribution >= 0.6 is 11.8 Å². The molecule has 5 rings (SSSR count). The number of hydrogen-bond donors (Lipinski definition) is 3. The third-order valence-corrected chi connectivity index (χ3v) is 11.4. The highest BCUT2D eigenvalue weighted by Crippen LogP contribution is 2.74. The second-order valence-corrected chi connectivity index (χ2v) is 13.2. The number of carboxylic acids is 1. The molecule has 1 saturated heterocycles. The van der Waals surface area contributed by atoms with E-state index in [2.05, 4.69) is 0 Å². The number of ether oxygens (including phenoxy) is 2. The lowest BCUT2D eigenvalue weighted by molar-refractivity contribution is -0.235. The first-order chi connectivity index (χ1) is 16.6. The van der Waals surface area contributed by atoms with Crippen molar-refractivity contribution >= 4 is 23.5 Å². The molecule has 1 aliphatic heterocycles. The molecule has 5 aliphatic rings. The van der Waals surface area contributed by atoms with Crippen molar-refractivity contribution in [3.8, 4) is 0 Å². The van der Waals surface area contributed by atoms with Gasteiger partial charge < -0.3 is 24.8 Å². The number of rotatable bonds is 5. The summed E-state index contributed by atoms with van der Waals surface area (Å²) in [5, 5.41) is 29.9. The fraction of sp³-hybridized carbons (Fsp3) is 0.769. The summed E-state index contributed by atoms with van der Waals surface area (Å²) < 4.78 is 45.7. The number of carbonyl (C=O) groups is 2. The number of allylic oxidation sites excluding steroid dienone is 4. The molecule has 0 aromatic heterocycles. The molecule has 7 nitrogen and oxygen atoms in total. The minimum atomic E-state index is -2.24. The fourth-order valence-electron chi connectivity index (χ4n) is 7.98. The van der Waals surface area contributed by atoms with E-state index in [-0.39, 0.29) is 31.4 Å². The van der Waals surface area contributed by atoms with Crippen molar-refractivity contribution in [1.29, 1.82) is 0 Å². The second-order valence-electron chi connectivity index (χ2n) is 11.8. The Labute approximate surface area is 213 Å². The number of carbonyl (C=O) groups excluding carboxylic acids is 1. The number of halogens is 2. The zero-order valence-corrected chi connectivity index (χ0v) is 21.7. The molecule has 10 heteroatoms. The van der Waals surface area contributed by atoms with E-state index < -0.39 is 74.4 Å². The Balaban J connectivity index is 1.61. The first-order valence-corrected chi connectivity index (χ1v) is 13.4. The van der Waals surface area contributed by atoms with Gasteiger partial charge in [0.25, 0.3) is 0 Å². The molecule has 0 bridgehead atoms. The smallest absolute Gasteiger partial charge is 0.316 e. The zero-order valence-electron chi connectivity index (χ0n) is 20.9. The van der Waals surface area contributed by atoms with E-state index in [1.165, 1.54) is 12.2 Å². The van der Waals surface area contributed by atoms with Crippen molar-refractivity contribution in [2.45, 2.75) is 93.4 Å². The van der Waals surface area contributed by atoms with Crippen molar-refractivity contribution in [1.82, 2.24) is 0 Å². The summed E-state index contributed by atoms with van der Waals surface area (Å²) in [6.45, 7) is 6.52. The first kappa shape index (κ1) is 26.3. The van der Waals surface area contributed by atoms with Gasteiger partial charge in [0, 0.05) is 23.4 Å². The van der Waals surface area contributed by atoms with Crippen LogP contribution in [0.1, 0.15) is 53.4 Å². The lowest BCUT2D eigenvalue weighted by Crippen LogP contribution is -2.69. The molecule has 200 valence electrons. The van der Waals surface area contributed by atoms with E-state index in [0.717, 1.165) is 17.8 Å². The van der Waals surface area contributed by atoms with Gasteiger partial charge in [-0.05, 0) is 70.1 Å². The van der Waals surface area contributed by atoms with Crippen LogP contribution in [-0.4, -0.2) is 73.7 Å². The summed E-state index contributed by atoms with van der Waals surface area (Å²) in [5.41, 5.74) is -4.63. The van der Waals surface area contributed by atoms with E-state index in [4.69, 9.17) is 9.47 Å². The predicted octanol–water partition coefficient (Wildman–Crippen LogP) is 3.33. The molecule has 3 N–H and O–H groups in total. The summed E-state index contributed by atoms with van der Waals surface area (Å²) in [4.78, 5) is 22.8. The summed E-state index contributed by atoms with van der Waals surface area (Å²) in [6, 6.07) is 0. The summed E-state index contributed by atoms with van der Waals surface area (Å²) in [5.74, 6) is -3.96. The number of carboxylic acid groups (broad SMARTS) is 1. The van der Waals surface area contributed by atoms with Crippen molar-refractivity contribution < 1.29 is 43.2 Å². The standard InChI is InChI=1S/C26H34F2O7S/c1-22(2)34-20-11-14-15-10-17(27)16-9-13(30)5-7-23(16,3)25(15,28)19(31)12-24(14,4)26(20,35-22)36-18(6-8-29)21(32)33/h5,7,9,14-15,17-20,29,31H,6,8,10-12H2,1-4H3,(H,32,33)/t14-,15-,17-,18?,19-,20+,23-,24-,25-,26-/m0/s1. The number of alkyl halides is 2. The van der Waals surface area contributed by atoms with Gasteiger partial charge in [0.15, 0.2) is 17.2 Å². The molecule has 3 saturated carbocycles. The quantitative estimate of drug-likeness (QED) is 0.498. The highest BCUT2D eigenvalue weighted by atomic mass is 32.2. The Bertz CT molecular complexity index is 1050. The highest BCUT2D eigenvalue weighted by molar-refractivity contribution is 8.01. The molecule has 0 aromatic rings. The van der Waals surface area contributed by atoms with Crippen LogP contribution in [0.4, 0.5) is 8.78 Å². The van der Waals surface area contributed by atoms with Crippen LogP contribution in [0, 0.1) is 22.7 Å². The molecule has 0 spiro atoms. The maximum absolute atomic E-state index is 17.4. The van der Waals surface area contributed by atoms with Crippen LogP contribution in [0.2, 0.25) is 0 Å². The number of thioether (sulfide) groups is 1. The Morgan fingerprint density at radius 3 is 2.58 bits per heavy atom. The first-order valence-electron chi connectivity index (χ1n) is 12.5. The highest BCUT2D eigenvalue weighted by Gasteiger charge is 2.79. The lowest BCUT2D eigenvalue weighted by Gasteiger charge is -2.63. The van der Waals surface area contributed by atoms with E-state index in [0.29, 0.717) is 6.42 Å². The van der Waals surface area contributed by atoms with Crippen molar-refractivity contribution in [2.75, 3.05) is 6.61 Å². The van der Waals surface area contributed by atoms with Crippen molar-refractivity contribution in [3.63, 3.8) is 0 Å². The molecule has 4 aliphatic carbocycles. The number of ketones is 1. The number of hydrogen-bond acceptors (Lipinski definition) is 7. The SMILES string of the molecule is CC1(C)O[C@@H]2C[C@H]3[C@@H]4C[C@H](F)C5=CC(=O)C=C[C@]5(C)[C@@]4(F)[C@@H](O)C[C@]3(C)[C@]2(SC(CCO)C(=O)O)O1. The summed E-state index contributed by atoms with van der Waals surface area (Å²) in [7, 11) is 0. The average Bonchev–Trinajstić information content (AvgIpc) is 3.16. The third-order valence-electron chi connectivity index (χ3n) is 9.51. The van der Waals surface area contributed by atoms with Gasteiger partial charge in [-0.1, -0.05) is 13.0 Å². The molecular formula is C26H34F2O7S. The van der Waals surface area contributed by atoms with Crippen LogP contribution in [0.25, 0.3) is 0 Å². The maximum Gasteiger partial charge on any atom is 0.316 e. The third kappa shape index (κ3) is 3.23. The molecule has 1 heterocycles. The molecule has 1 unspecified atom stereocenters. The van der Waals surface area contributed by atoms with Crippen LogP contribution in [0.15, 0.2) is 23.8 Å². The summed E-state index contributed by atoms with van der Waals surface area (Å²) >= 11 is 1.05. The Morgan fingerprint density at radius 2 is 1.94 bits per heavy atom. The van der Waals surface area contributed by atoms with Crippen LogP contribution < -0.4 is 0 Å². The van der Waals surface area contributed by atoms with Crippen LogP contribution in [0.5, 0.6) is 0 Å². The van der Waals surface area contributed by atoms with Gasteiger partial charge in [0.2, 0.25) is 0 Å². The average molecular weight is 529 g/mol. The Hall–Kier alpha value is -1.33. The van der Waals surface area contributed by atoms with Gasteiger partial charge in [0.1, 0.15) is 22.5 Å². The number of aliphatic hydroxyl groups is 2. The largest absolute Gasteiger partial charge is 0.480 e.